The zero-order valence-corrected chi connectivity index (χ0v) is 23.5. The summed E-state index contributed by atoms with van der Waals surface area (Å²) in [6.45, 7) is 11.7. The fourth-order valence-corrected chi connectivity index (χ4v) is 4.63. The molecular weight excluding hydrogens is 535 g/mol. The van der Waals surface area contributed by atoms with E-state index in [9.17, 15) is 22.8 Å². The van der Waals surface area contributed by atoms with Gasteiger partial charge in [0.25, 0.3) is 0 Å². The maximum absolute atomic E-state index is 13.7. The SMILES string of the molecule is [C-]#[N+]c1ccc(-n2nccc2-c2c(C)n(-c3cccc(C(F)(F)F)c3)c(=O)n2C(=O)NCC)c(CC[N+](C)(C)C)c1. The van der Waals surface area contributed by atoms with Gasteiger partial charge in [-0.15, -0.1) is 0 Å². The van der Waals surface area contributed by atoms with Crippen LogP contribution in [0.3, 0.4) is 0 Å². The van der Waals surface area contributed by atoms with Gasteiger partial charge in [-0.1, -0.05) is 18.2 Å². The first-order chi connectivity index (χ1) is 19.3. The number of nitrogens with one attached hydrogen (secondary N) is 1. The van der Waals surface area contributed by atoms with E-state index in [-0.39, 0.29) is 23.6 Å². The molecule has 0 aliphatic carbocycles. The Bertz CT molecular complexity index is 1700. The number of rotatable bonds is 7. The molecule has 2 aromatic heterocycles. The molecule has 4 aromatic rings. The molecule has 0 bridgehead atoms. The largest absolute Gasteiger partial charge is 0.416 e. The molecule has 2 aromatic carbocycles. The van der Waals surface area contributed by atoms with E-state index in [2.05, 4.69) is 36.4 Å². The Hall–Kier alpha value is -4.63. The van der Waals surface area contributed by atoms with Crippen molar-refractivity contribution >= 4 is 11.7 Å². The molecule has 0 saturated carbocycles. The van der Waals surface area contributed by atoms with Crippen molar-refractivity contribution in [2.24, 2.45) is 0 Å². The summed E-state index contributed by atoms with van der Waals surface area (Å²) in [5.74, 6) is 0. The Balaban J connectivity index is 1.98. The van der Waals surface area contributed by atoms with Crippen LogP contribution in [0.25, 0.3) is 27.6 Å². The number of quaternary nitrogens is 1. The van der Waals surface area contributed by atoms with Crippen LogP contribution in [0.4, 0.5) is 23.7 Å². The number of carbonyl (C=O) groups is 1. The number of carbonyl (C=O) groups excluding carboxylic acids is 1. The lowest BCUT2D eigenvalue weighted by Crippen LogP contribution is -2.37. The average molecular weight is 567 g/mol. The number of nitrogens with zero attached hydrogens (tertiary/aromatic N) is 6. The molecule has 0 radical (unpaired) electrons. The lowest BCUT2D eigenvalue weighted by atomic mass is 10.1. The number of likely N-dealkylation sites (N-methyl/N-ethyl adjacent to an activating group) is 1. The van der Waals surface area contributed by atoms with Crippen molar-refractivity contribution in [3.63, 3.8) is 0 Å². The van der Waals surface area contributed by atoms with Crippen LogP contribution in [-0.2, 0) is 12.6 Å². The summed E-state index contributed by atoms with van der Waals surface area (Å²) in [4.78, 5) is 30.5. The third kappa shape index (κ3) is 5.95. The first kappa shape index (κ1) is 29.4. The first-order valence-electron chi connectivity index (χ1n) is 12.9. The third-order valence-corrected chi connectivity index (χ3v) is 6.60. The van der Waals surface area contributed by atoms with Gasteiger partial charge in [0.15, 0.2) is 5.69 Å². The second-order valence-electron chi connectivity index (χ2n) is 10.6. The Kier molecular flexibility index (Phi) is 7.94. The lowest BCUT2D eigenvalue weighted by Gasteiger charge is -2.24. The summed E-state index contributed by atoms with van der Waals surface area (Å²) < 4.78 is 44.8. The Labute approximate surface area is 235 Å². The van der Waals surface area contributed by atoms with Gasteiger partial charge in [-0.3, -0.25) is 4.57 Å². The van der Waals surface area contributed by atoms with Crippen LogP contribution in [0.5, 0.6) is 0 Å². The molecule has 0 atom stereocenters. The van der Waals surface area contributed by atoms with E-state index in [1.807, 2.05) is 0 Å². The summed E-state index contributed by atoms with van der Waals surface area (Å²) in [5.41, 5.74) is 1.04. The van der Waals surface area contributed by atoms with E-state index < -0.39 is 23.5 Å². The van der Waals surface area contributed by atoms with Gasteiger partial charge in [0.2, 0.25) is 0 Å². The highest BCUT2D eigenvalue weighted by molar-refractivity contribution is 5.83. The minimum Gasteiger partial charge on any atom is -0.338 e. The molecule has 0 saturated heterocycles. The quantitative estimate of drug-likeness (QED) is 0.247. The fraction of sp³-hybridized carbons (Fsp3) is 0.310. The minimum atomic E-state index is -4.61. The standard InChI is InChI=1S/C29H30F3N7O2/c1-7-34-27(40)37-26(19(2)36(28(37)41)23-10-8-9-21(18-23)29(30,31)32)25-13-15-35-38(25)24-12-11-22(33-3)17-20(24)14-16-39(4,5)6/h8-13,15,17-18H,7,14,16H2,1-2,4-6H3/p+1. The van der Waals surface area contributed by atoms with Gasteiger partial charge in [-0.05, 0) is 49.7 Å². The maximum atomic E-state index is 13.7. The second-order valence-corrected chi connectivity index (χ2v) is 10.6. The van der Waals surface area contributed by atoms with Crippen molar-refractivity contribution < 1.29 is 22.4 Å². The molecule has 4 rings (SSSR count). The monoisotopic (exact) mass is 566 g/mol. The number of amides is 1. The summed E-state index contributed by atoms with van der Waals surface area (Å²) in [6.07, 6.45) is -2.47. The fourth-order valence-electron chi connectivity index (χ4n) is 4.63. The maximum Gasteiger partial charge on any atom is 0.416 e. The van der Waals surface area contributed by atoms with Gasteiger partial charge >= 0.3 is 17.9 Å². The first-order valence-corrected chi connectivity index (χ1v) is 12.9. The van der Waals surface area contributed by atoms with Crippen LogP contribution in [-0.4, -0.2) is 63.7 Å². The van der Waals surface area contributed by atoms with Gasteiger partial charge in [-0.25, -0.2) is 23.7 Å². The van der Waals surface area contributed by atoms with Crippen molar-refractivity contribution in [3.8, 4) is 22.8 Å². The molecule has 214 valence electrons. The topological polar surface area (TPSA) is 78.2 Å². The Morgan fingerprint density at radius 1 is 1.12 bits per heavy atom. The van der Waals surface area contributed by atoms with Crippen molar-refractivity contribution in [2.75, 3.05) is 34.2 Å². The average Bonchev–Trinajstić information content (AvgIpc) is 3.48. The highest BCUT2D eigenvalue weighted by atomic mass is 19.4. The van der Waals surface area contributed by atoms with E-state index in [1.54, 1.807) is 42.8 Å². The molecule has 0 spiro atoms. The zero-order chi connectivity index (χ0) is 30.1. The Morgan fingerprint density at radius 3 is 2.49 bits per heavy atom. The molecule has 1 amide bonds. The summed E-state index contributed by atoms with van der Waals surface area (Å²) in [5, 5.41) is 7.12. The molecular formula is C29H31F3N7O2+. The highest BCUT2D eigenvalue weighted by Gasteiger charge is 2.32. The molecule has 12 heteroatoms. The lowest BCUT2D eigenvalue weighted by molar-refractivity contribution is -0.870. The van der Waals surface area contributed by atoms with E-state index in [0.717, 1.165) is 33.4 Å². The van der Waals surface area contributed by atoms with Crippen LogP contribution in [0.1, 0.15) is 23.7 Å². The molecule has 0 aliphatic heterocycles. The number of hydrogen-bond donors (Lipinski definition) is 1. The molecule has 0 fully saturated rings. The minimum absolute atomic E-state index is 0.0252. The smallest absolute Gasteiger partial charge is 0.338 e. The molecule has 41 heavy (non-hydrogen) atoms. The van der Waals surface area contributed by atoms with Crippen molar-refractivity contribution in [1.82, 2.24) is 24.2 Å². The second kappa shape index (κ2) is 11.1. The van der Waals surface area contributed by atoms with Gasteiger partial charge in [0, 0.05) is 13.0 Å². The predicted octanol–water partition coefficient (Wildman–Crippen LogP) is 5.20. The normalized spacial score (nSPS) is 11.9. The number of imidazole rings is 1. The van der Waals surface area contributed by atoms with Gasteiger partial charge in [0.1, 0.15) is 5.69 Å². The number of alkyl halides is 3. The van der Waals surface area contributed by atoms with Crippen LogP contribution < -0.4 is 11.0 Å². The summed E-state index contributed by atoms with van der Waals surface area (Å²) in [7, 11) is 6.17. The number of aromatic nitrogens is 4. The predicted molar refractivity (Wildman–Crippen MR) is 150 cm³/mol. The van der Waals surface area contributed by atoms with Crippen molar-refractivity contribution in [2.45, 2.75) is 26.4 Å². The van der Waals surface area contributed by atoms with Crippen LogP contribution in [0.2, 0.25) is 0 Å². The van der Waals surface area contributed by atoms with Gasteiger partial charge in [-0.2, -0.15) is 18.3 Å². The number of benzene rings is 2. The molecule has 2 heterocycles. The molecule has 0 aliphatic rings. The van der Waals surface area contributed by atoms with Crippen molar-refractivity contribution in [3.05, 3.63) is 93.5 Å². The number of hydrogen-bond acceptors (Lipinski definition) is 3. The van der Waals surface area contributed by atoms with E-state index >= 15 is 0 Å². The molecule has 9 nitrogen and oxygen atoms in total. The third-order valence-electron chi connectivity index (χ3n) is 6.60. The van der Waals surface area contributed by atoms with E-state index in [0.29, 0.717) is 28.0 Å². The molecule has 1 N–H and O–H groups in total. The van der Waals surface area contributed by atoms with Crippen LogP contribution >= 0.6 is 0 Å². The zero-order valence-electron chi connectivity index (χ0n) is 23.5. The Morgan fingerprint density at radius 2 is 1.85 bits per heavy atom. The van der Waals surface area contributed by atoms with E-state index in [4.69, 9.17) is 6.57 Å². The molecule has 0 unspecified atom stereocenters. The highest BCUT2D eigenvalue weighted by Crippen LogP contribution is 2.33. The van der Waals surface area contributed by atoms with Gasteiger partial charge in [0.05, 0.1) is 68.8 Å². The van der Waals surface area contributed by atoms with Crippen LogP contribution in [0, 0.1) is 13.5 Å². The van der Waals surface area contributed by atoms with Crippen LogP contribution in [0.15, 0.2) is 59.5 Å². The summed E-state index contributed by atoms with van der Waals surface area (Å²) >= 11 is 0. The van der Waals surface area contributed by atoms with Gasteiger partial charge < -0.3 is 9.80 Å². The van der Waals surface area contributed by atoms with Crippen molar-refractivity contribution in [1.29, 1.82) is 0 Å². The summed E-state index contributed by atoms with van der Waals surface area (Å²) in [6, 6.07) is 10.6. The van der Waals surface area contributed by atoms with E-state index in [1.165, 1.54) is 18.3 Å². The number of halogens is 3.